The van der Waals surface area contributed by atoms with Crippen LogP contribution in [-0.2, 0) is 6.42 Å². The maximum Gasteiger partial charge on any atom is 0.249 e. The molecule has 0 aliphatic rings. The van der Waals surface area contributed by atoms with E-state index in [0.29, 0.717) is 11.7 Å². The minimum atomic E-state index is -0.0503. The van der Waals surface area contributed by atoms with Crippen molar-refractivity contribution in [1.82, 2.24) is 24.7 Å². The van der Waals surface area contributed by atoms with Crippen molar-refractivity contribution < 1.29 is 4.52 Å². The molecule has 3 aromatic rings. The van der Waals surface area contributed by atoms with Gasteiger partial charge in [-0.25, -0.2) is 4.98 Å². The molecule has 0 aliphatic carbocycles. The van der Waals surface area contributed by atoms with Crippen molar-refractivity contribution in [1.29, 1.82) is 0 Å². The Bertz CT molecular complexity index is 747. The molecule has 1 atom stereocenters. The molecule has 1 unspecified atom stereocenters. The molecule has 0 amide bonds. The van der Waals surface area contributed by atoms with E-state index in [1.807, 2.05) is 19.1 Å². The molecular formula is C14H18N6O. The van der Waals surface area contributed by atoms with Crippen LogP contribution < -0.4 is 5.32 Å². The van der Waals surface area contributed by atoms with E-state index in [-0.39, 0.29) is 6.04 Å². The second-order valence-corrected chi connectivity index (χ2v) is 4.87. The van der Waals surface area contributed by atoms with Crippen molar-refractivity contribution in [3.63, 3.8) is 0 Å². The van der Waals surface area contributed by atoms with Gasteiger partial charge in [-0.05, 0) is 19.8 Å². The Morgan fingerprint density at radius 3 is 2.86 bits per heavy atom. The second-order valence-electron chi connectivity index (χ2n) is 4.87. The van der Waals surface area contributed by atoms with Gasteiger partial charge < -0.3 is 9.84 Å². The Labute approximate surface area is 122 Å². The van der Waals surface area contributed by atoms with E-state index in [1.165, 1.54) is 0 Å². The average molecular weight is 286 g/mol. The van der Waals surface area contributed by atoms with Crippen LogP contribution in [0.2, 0.25) is 0 Å². The first kappa shape index (κ1) is 13.5. The van der Waals surface area contributed by atoms with Crippen molar-refractivity contribution in [3.05, 3.63) is 35.7 Å². The van der Waals surface area contributed by atoms with Crippen LogP contribution in [0.25, 0.3) is 5.65 Å². The van der Waals surface area contributed by atoms with Crippen LogP contribution in [0, 0.1) is 6.92 Å². The number of rotatable bonds is 5. The summed E-state index contributed by atoms with van der Waals surface area (Å²) in [7, 11) is 0. The molecular weight excluding hydrogens is 268 g/mol. The summed E-state index contributed by atoms with van der Waals surface area (Å²) in [5.41, 5.74) is 1.84. The predicted molar refractivity (Wildman–Crippen MR) is 78.1 cm³/mol. The van der Waals surface area contributed by atoms with Gasteiger partial charge in [-0.3, -0.25) is 0 Å². The monoisotopic (exact) mass is 286 g/mol. The second kappa shape index (κ2) is 5.51. The summed E-state index contributed by atoms with van der Waals surface area (Å²) >= 11 is 0. The van der Waals surface area contributed by atoms with Crippen LogP contribution in [0.15, 0.2) is 22.9 Å². The normalized spacial score (nSPS) is 12.7. The zero-order valence-electron chi connectivity index (χ0n) is 12.4. The number of nitrogens with one attached hydrogen (secondary N) is 1. The summed E-state index contributed by atoms with van der Waals surface area (Å²) < 4.78 is 7.05. The Balaban J connectivity index is 1.97. The molecule has 0 saturated heterocycles. The molecule has 3 heterocycles. The van der Waals surface area contributed by atoms with Crippen LogP contribution in [0.1, 0.15) is 43.7 Å². The first-order valence-corrected chi connectivity index (χ1v) is 7.11. The van der Waals surface area contributed by atoms with Gasteiger partial charge in [-0.15, -0.1) is 0 Å². The molecule has 0 saturated carbocycles. The highest BCUT2D eigenvalue weighted by molar-refractivity contribution is 5.49. The number of aryl methyl sites for hydroxylation is 2. The third-order valence-electron chi connectivity index (χ3n) is 3.35. The number of hydrogen-bond donors (Lipinski definition) is 1. The predicted octanol–water partition coefficient (Wildman–Crippen LogP) is 2.55. The highest BCUT2D eigenvalue weighted by Gasteiger charge is 2.18. The number of aromatic nitrogens is 5. The fourth-order valence-corrected chi connectivity index (χ4v) is 2.22. The summed E-state index contributed by atoms with van der Waals surface area (Å²) in [4.78, 5) is 8.84. The quantitative estimate of drug-likeness (QED) is 0.776. The smallest absolute Gasteiger partial charge is 0.249 e. The summed E-state index contributed by atoms with van der Waals surface area (Å²) in [6, 6.07) is 3.85. The Kier molecular flexibility index (Phi) is 3.55. The Morgan fingerprint density at radius 2 is 2.19 bits per heavy atom. The molecule has 1 N–H and O–H groups in total. The van der Waals surface area contributed by atoms with Gasteiger partial charge in [0.1, 0.15) is 11.9 Å². The van der Waals surface area contributed by atoms with Gasteiger partial charge in [0, 0.05) is 17.8 Å². The fourth-order valence-electron chi connectivity index (χ4n) is 2.22. The van der Waals surface area contributed by atoms with Gasteiger partial charge in [-0.2, -0.15) is 14.6 Å². The highest BCUT2D eigenvalue weighted by atomic mass is 16.5. The van der Waals surface area contributed by atoms with Crippen LogP contribution >= 0.6 is 0 Å². The SMILES string of the molecule is CCc1cc(NC(CC)c2nc(C)no2)n2nccc2n1. The van der Waals surface area contributed by atoms with Crippen LogP contribution in [0.4, 0.5) is 5.82 Å². The lowest BCUT2D eigenvalue weighted by Crippen LogP contribution is -2.14. The number of fused-ring (bicyclic) bond motifs is 1. The molecule has 110 valence electrons. The molecule has 0 fully saturated rings. The molecule has 7 nitrogen and oxygen atoms in total. The summed E-state index contributed by atoms with van der Waals surface area (Å²) in [6.45, 7) is 5.96. The van der Waals surface area contributed by atoms with Crippen molar-refractivity contribution >= 4 is 11.5 Å². The van der Waals surface area contributed by atoms with Gasteiger partial charge in [0.05, 0.1) is 6.20 Å². The average Bonchev–Trinajstić information content (AvgIpc) is 3.12. The van der Waals surface area contributed by atoms with Gasteiger partial charge in [0.25, 0.3) is 0 Å². The van der Waals surface area contributed by atoms with Crippen molar-refractivity contribution in [2.24, 2.45) is 0 Å². The molecule has 0 spiro atoms. The van der Waals surface area contributed by atoms with E-state index in [0.717, 1.165) is 30.0 Å². The zero-order chi connectivity index (χ0) is 14.8. The number of hydrogen-bond acceptors (Lipinski definition) is 6. The lowest BCUT2D eigenvalue weighted by molar-refractivity contribution is 0.356. The molecule has 0 bridgehead atoms. The van der Waals surface area contributed by atoms with Crippen molar-refractivity contribution in [2.75, 3.05) is 5.32 Å². The van der Waals surface area contributed by atoms with E-state index in [9.17, 15) is 0 Å². The third kappa shape index (κ3) is 2.58. The molecule has 0 aliphatic heterocycles. The lowest BCUT2D eigenvalue weighted by atomic mass is 10.2. The minimum Gasteiger partial charge on any atom is -0.358 e. The first-order chi connectivity index (χ1) is 10.2. The molecule has 0 aromatic carbocycles. The van der Waals surface area contributed by atoms with Gasteiger partial charge >= 0.3 is 0 Å². The molecule has 0 radical (unpaired) electrons. The van der Waals surface area contributed by atoms with Crippen LogP contribution in [0.5, 0.6) is 0 Å². The van der Waals surface area contributed by atoms with Crippen molar-refractivity contribution in [2.45, 2.75) is 39.7 Å². The van der Waals surface area contributed by atoms with Crippen molar-refractivity contribution in [3.8, 4) is 0 Å². The van der Waals surface area contributed by atoms with E-state index in [2.05, 4.69) is 39.4 Å². The van der Waals surface area contributed by atoms with Crippen LogP contribution in [-0.4, -0.2) is 24.7 Å². The van der Waals surface area contributed by atoms with Gasteiger partial charge in [0.2, 0.25) is 5.89 Å². The minimum absolute atomic E-state index is 0.0503. The number of anilines is 1. The summed E-state index contributed by atoms with van der Waals surface area (Å²) in [6.07, 6.45) is 3.44. The third-order valence-corrected chi connectivity index (χ3v) is 3.35. The Hall–Kier alpha value is -2.44. The summed E-state index contributed by atoms with van der Waals surface area (Å²) in [5.74, 6) is 2.10. The fraction of sp³-hybridized carbons (Fsp3) is 0.429. The summed E-state index contributed by atoms with van der Waals surface area (Å²) in [5, 5.41) is 11.6. The highest BCUT2D eigenvalue weighted by Crippen LogP contribution is 2.22. The van der Waals surface area contributed by atoms with E-state index in [4.69, 9.17) is 4.52 Å². The lowest BCUT2D eigenvalue weighted by Gasteiger charge is -2.15. The maximum absolute atomic E-state index is 5.27. The first-order valence-electron chi connectivity index (χ1n) is 7.11. The molecule has 3 rings (SSSR count). The Morgan fingerprint density at radius 1 is 1.33 bits per heavy atom. The van der Waals surface area contributed by atoms with Gasteiger partial charge in [-0.1, -0.05) is 19.0 Å². The standard InChI is InChI=1S/C14H18N6O/c1-4-10-8-13(20-12(17-10)6-7-15-20)18-11(5-2)14-16-9(3)19-21-14/h6-8,11,18H,4-5H2,1-3H3. The van der Waals surface area contributed by atoms with Gasteiger partial charge in [0.15, 0.2) is 11.5 Å². The van der Waals surface area contributed by atoms with E-state index >= 15 is 0 Å². The van der Waals surface area contributed by atoms with Crippen LogP contribution in [0.3, 0.4) is 0 Å². The van der Waals surface area contributed by atoms with E-state index in [1.54, 1.807) is 10.7 Å². The molecule has 7 heteroatoms. The van der Waals surface area contributed by atoms with E-state index < -0.39 is 0 Å². The zero-order valence-corrected chi connectivity index (χ0v) is 12.4. The largest absolute Gasteiger partial charge is 0.358 e. The molecule has 21 heavy (non-hydrogen) atoms. The topological polar surface area (TPSA) is 81.1 Å². The number of nitrogens with zero attached hydrogens (tertiary/aromatic N) is 5. The maximum atomic E-state index is 5.27. The molecule has 3 aromatic heterocycles.